The fraction of sp³-hybridized carbons (Fsp3) is 0.143. The maximum atomic E-state index is 13.1. The predicted molar refractivity (Wildman–Crippen MR) is 69.0 cm³/mol. The summed E-state index contributed by atoms with van der Waals surface area (Å²) in [7, 11) is 1.58. The van der Waals surface area contributed by atoms with Crippen molar-refractivity contribution in [3.05, 3.63) is 53.8 Å². The summed E-state index contributed by atoms with van der Waals surface area (Å²) in [5.74, 6) is 1.72. The number of methoxy groups -OCH3 is 1. The highest BCUT2D eigenvalue weighted by Gasteiger charge is 2.06. The first-order valence-corrected chi connectivity index (χ1v) is 5.92. The van der Waals surface area contributed by atoms with E-state index in [2.05, 4.69) is 0 Å². The second-order valence-corrected chi connectivity index (χ2v) is 3.93. The molecule has 94 valence electrons. The molecule has 4 heteroatoms. The van der Waals surface area contributed by atoms with Crippen LogP contribution in [0, 0.1) is 5.82 Å². The Labute approximate surface area is 110 Å². The lowest BCUT2D eigenvalue weighted by molar-refractivity contribution is 0.408. The normalized spacial score (nSPS) is 10.2. The van der Waals surface area contributed by atoms with Crippen LogP contribution in [0.5, 0.6) is 17.2 Å². The van der Waals surface area contributed by atoms with Crippen molar-refractivity contribution in [2.75, 3.05) is 7.11 Å². The molecule has 0 saturated carbocycles. The minimum Gasteiger partial charge on any atom is -0.497 e. The van der Waals surface area contributed by atoms with Gasteiger partial charge in [-0.05, 0) is 30.3 Å². The number of benzene rings is 2. The molecule has 0 saturated heterocycles. The number of halogens is 2. The first-order chi connectivity index (χ1) is 8.72. The van der Waals surface area contributed by atoms with Crippen molar-refractivity contribution in [1.29, 1.82) is 0 Å². The monoisotopic (exact) mass is 266 g/mol. The van der Waals surface area contributed by atoms with E-state index in [0.717, 1.165) is 0 Å². The van der Waals surface area contributed by atoms with Gasteiger partial charge in [0.1, 0.15) is 23.1 Å². The average Bonchev–Trinajstić information content (AvgIpc) is 2.41. The molecule has 0 aliphatic rings. The SMILES string of the molecule is COc1cccc(Oc2ccc(F)cc2CCl)c1. The molecule has 0 unspecified atom stereocenters. The molecular formula is C14H12ClFO2. The van der Waals surface area contributed by atoms with Gasteiger partial charge in [-0.3, -0.25) is 0 Å². The van der Waals surface area contributed by atoms with E-state index in [0.29, 0.717) is 22.8 Å². The summed E-state index contributed by atoms with van der Waals surface area (Å²) < 4.78 is 23.8. The van der Waals surface area contributed by atoms with E-state index in [1.807, 2.05) is 12.1 Å². The molecule has 0 spiro atoms. The van der Waals surface area contributed by atoms with Crippen LogP contribution in [-0.4, -0.2) is 7.11 Å². The van der Waals surface area contributed by atoms with Crippen molar-refractivity contribution in [3.63, 3.8) is 0 Å². The van der Waals surface area contributed by atoms with Crippen LogP contribution in [-0.2, 0) is 5.88 Å². The Morgan fingerprint density at radius 1 is 1.11 bits per heavy atom. The van der Waals surface area contributed by atoms with Crippen LogP contribution in [0.4, 0.5) is 4.39 Å². The van der Waals surface area contributed by atoms with Gasteiger partial charge in [0.15, 0.2) is 0 Å². The quantitative estimate of drug-likeness (QED) is 0.765. The Morgan fingerprint density at radius 3 is 2.61 bits per heavy atom. The first-order valence-electron chi connectivity index (χ1n) is 5.39. The van der Waals surface area contributed by atoms with Crippen LogP contribution in [0.15, 0.2) is 42.5 Å². The maximum Gasteiger partial charge on any atom is 0.132 e. The molecule has 0 aliphatic carbocycles. The summed E-state index contributed by atoms with van der Waals surface area (Å²) in [5.41, 5.74) is 0.611. The van der Waals surface area contributed by atoms with Gasteiger partial charge in [-0.1, -0.05) is 6.07 Å². The van der Waals surface area contributed by atoms with E-state index in [1.165, 1.54) is 12.1 Å². The molecule has 0 amide bonds. The first kappa shape index (κ1) is 12.7. The zero-order valence-corrected chi connectivity index (χ0v) is 10.6. The second-order valence-electron chi connectivity index (χ2n) is 3.67. The largest absolute Gasteiger partial charge is 0.497 e. The molecule has 0 bridgehead atoms. The molecular weight excluding hydrogens is 255 g/mol. The molecule has 0 aliphatic heterocycles. The molecule has 0 heterocycles. The van der Waals surface area contributed by atoms with E-state index < -0.39 is 0 Å². The molecule has 0 atom stereocenters. The van der Waals surface area contributed by atoms with Crippen molar-refractivity contribution in [2.24, 2.45) is 0 Å². The number of ether oxygens (including phenoxy) is 2. The van der Waals surface area contributed by atoms with Crippen LogP contribution in [0.1, 0.15) is 5.56 Å². The standard InChI is InChI=1S/C14H12ClFO2/c1-17-12-3-2-4-13(8-12)18-14-6-5-11(16)7-10(14)9-15/h2-8H,9H2,1H3. The third-order valence-electron chi connectivity index (χ3n) is 2.44. The van der Waals surface area contributed by atoms with Gasteiger partial charge < -0.3 is 9.47 Å². The summed E-state index contributed by atoms with van der Waals surface area (Å²) in [5, 5.41) is 0. The highest BCUT2D eigenvalue weighted by molar-refractivity contribution is 6.17. The highest BCUT2D eigenvalue weighted by Crippen LogP contribution is 2.29. The van der Waals surface area contributed by atoms with Gasteiger partial charge in [0.2, 0.25) is 0 Å². The maximum absolute atomic E-state index is 13.1. The fourth-order valence-corrected chi connectivity index (χ4v) is 1.75. The number of hydrogen-bond donors (Lipinski definition) is 0. The van der Waals surface area contributed by atoms with Gasteiger partial charge in [0.25, 0.3) is 0 Å². The molecule has 2 aromatic carbocycles. The second kappa shape index (κ2) is 5.74. The van der Waals surface area contributed by atoms with Crippen molar-refractivity contribution in [2.45, 2.75) is 5.88 Å². The Morgan fingerprint density at radius 2 is 1.89 bits per heavy atom. The minimum atomic E-state index is -0.330. The fourth-order valence-electron chi connectivity index (χ4n) is 1.54. The summed E-state index contributed by atoms with van der Waals surface area (Å²) in [6, 6.07) is 11.4. The van der Waals surface area contributed by atoms with Crippen LogP contribution in [0.25, 0.3) is 0 Å². The Balaban J connectivity index is 2.27. The van der Waals surface area contributed by atoms with Gasteiger partial charge in [-0.25, -0.2) is 4.39 Å². The van der Waals surface area contributed by atoms with E-state index >= 15 is 0 Å². The zero-order chi connectivity index (χ0) is 13.0. The highest BCUT2D eigenvalue weighted by atomic mass is 35.5. The molecule has 2 nitrogen and oxygen atoms in total. The topological polar surface area (TPSA) is 18.5 Å². The van der Waals surface area contributed by atoms with Crippen molar-refractivity contribution in [3.8, 4) is 17.2 Å². The lowest BCUT2D eigenvalue weighted by Crippen LogP contribution is -1.91. The van der Waals surface area contributed by atoms with Gasteiger partial charge in [0.05, 0.1) is 13.0 Å². The van der Waals surface area contributed by atoms with E-state index in [-0.39, 0.29) is 11.7 Å². The summed E-state index contributed by atoms with van der Waals surface area (Å²) in [6.07, 6.45) is 0. The molecule has 0 N–H and O–H groups in total. The lowest BCUT2D eigenvalue weighted by Gasteiger charge is -2.10. The van der Waals surface area contributed by atoms with Crippen LogP contribution < -0.4 is 9.47 Å². The third kappa shape index (κ3) is 2.93. The van der Waals surface area contributed by atoms with E-state index in [9.17, 15) is 4.39 Å². The Hall–Kier alpha value is -1.74. The molecule has 2 aromatic rings. The van der Waals surface area contributed by atoms with Gasteiger partial charge in [-0.15, -0.1) is 11.6 Å². The molecule has 0 aromatic heterocycles. The van der Waals surface area contributed by atoms with Crippen molar-refractivity contribution < 1.29 is 13.9 Å². The summed E-state index contributed by atoms with van der Waals surface area (Å²) >= 11 is 5.76. The van der Waals surface area contributed by atoms with Crippen molar-refractivity contribution >= 4 is 11.6 Å². The van der Waals surface area contributed by atoms with Crippen LogP contribution in [0.3, 0.4) is 0 Å². The number of alkyl halides is 1. The summed E-state index contributed by atoms with van der Waals surface area (Å²) in [6.45, 7) is 0. The van der Waals surface area contributed by atoms with Crippen molar-refractivity contribution in [1.82, 2.24) is 0 Å². The molecule has 0 fully saturated rings. The van der Waals surface area contributed by atoms with E-state index in [1.54, 1.807) is 25.3 Å². The third-order valence-corrected chi connectivity index (χ3v) is 2.72. The zero-order valence-electron chi connectivity index (χ0n) is 9.82. The summed E-state index contributed by atoms with van der Waals surface area (Å²) in [4.78, 5) is 0. The minimum absolute atomic E-state index is 0.192. The smallest absolute Gasteiger partial charge is 0.132 e. The molecule has 0 radical (unpaired) electrons. The van der Waals surface area contributed by atoms with E-state index in [4.69, 9.17) is 21.1 Å². The van der Waals surface area contributed by atoms with Crippen LogP contribution in [0.2, 0.25) is 0 Å². The molecule has 2 rings (SSSR count). The van der Waals surface area contributed by atoms with Gasteiger partial charge in [-0.2, -0.15) is 0 Å². The number of rotatable bonds is 4. The average molecular weight is 267 g/mol. The Bertz CT molecular complexity index is 543. The van der Waals surface area contributed by atoms with Gasteiger partial charge in [0, 0.05) is 11.6 Å². The molecule has 18 heavy (non-hydrogen) atoms. The lowest BCUT2D eigenvalue weighted by atomic mass is 10.2. The Kier molecular flexibility index (Phi) is 4.05. The van der Waals surface area contributed by atoms with Crippen LogP contribution >= 0.6 is 11.6 Å². The number of hydrogen-bond acceptors (Lipinski definition) is 2. The predicted octanol–water partition coefficient (Wildman–Crippen LogP) is 4.37. The van der Waals surface area contributed by atoms with Gasteiger partial charge >= 0.3 is 0 Å².